The van der Waals surface area contributed by atoms with Gasteiger partial charge in [0.1, 0.15) is 5.60 Å². The van der Waals surface area contributed by atoms with Crippen molar-refractivity contribution < 1.29 is 24.2 Å². The molecule has 1 aliphatic heterocycles. The first-order chi connectivity index (χ1) is 15.4. The van der Waals surface area contributed by atoms with Gasteiger partial charge in [0.2, 0.25) is 5.91 Å². The number of carbonyl (C=O) groups excluding carboxylic acids is 2. The summed E-state index contributed by atoms with van der Waals surface area (Å²) in [6.45, 7) is 10.1. The van der Waals surface area contributed by atoms with Crippen molar-refractivity contribution in [1.29, 1.82) is 0 Å². The van der Waals surface area contributed by atoms with Crippen LogP contribution in [0.5, 0.6) is 0 Å². The second kappa shape index (κ2) is 9.58. The quantitative estimate of drug-likeness (QED) is 0.541. The number of pyridine rings is 1. The Kier molecular flexibility index (Phi) is 7.20. The van der Waals surface area contributed by atoms with E-state index >= 15 is 0 Å². The van der Waals surface area contributed by atoms with E-state index in [0.29, 0.717) is 28.6 Å². The molecule has 0 aliphatic carbocycles. The molecule has 0 saturated carbocycles. The Hall–Kier alpha value is -2.82. The van der Waals surface area contributed by atoms with E-state index in [0.717, 1.165) is 23.1 Å². The van der Waals surface area contributed by atoms with Gasteiger partial charge in [0.05, 0.1) is 21.2 Å². The standard InChI is InChI=1S/C22H30BrN5O5/c1-12(2)19(29)26-15-11-28(21(31)32)18-16(15)17(14(23)9-24-18)27-8-6-7-13(10-27)25-20(30)33-22(3,4)5/h9,11-13H,6-8,10H2,1-5H3,(H,25,30)(H,26,29)(H,31,32). The Bertz CT molecular complexity index is 1080. The van der Waals surface area contributed by atoms with Gasteiger partial charge in [-0.25, -0.2) is 19.1 Å². The number of nitrogens with one attached hydrogen (secondary N) is 2. The number of piperidine rings is 1. The number of carboxylic acid groups (broad SMARTS) is 1. The number of nitrogens with zero attached hydrogens (tertiary/aromatic N) is 3. The summed E-state index contributed by atoms with van der Waals surface area (Å²) in [5.74, 6) is -0.511. The Morgan fingerprint density at radius 1 is 1.30 bits per heavy atom. The molecule has 11 heteroatoms. The lowest BCUT2D eigenvalue weighted by atomic mass is 10.0. The molecular weight excluding hydrogens is 494 g/mol. The molecule has 3 N–H and O–H groups in total. The van der Waals surface area contributed by atoms with E-state index in [-0.39, 0.29) is 23.5 Å². The normalized spacial score (nSPS) is 16.7. The third kappa shape index (κ3) is 5.76. The van der Waals surface area contributed by atoms with Crippen molar-refractivity contribution in [3.63, 3.8) is 0 Å². The molecule has 2 aromatic heterocycles. The molecule has 2 aromatic rings. The molecule has 2 amide bonds. The first-order valence-corrected chi connectivity index (χ1v) is 11.6. The Labute approximate surface area is 200 Å². The number of anilines is 2. The molecule has 1 saturated heterocycles. The fraction of sp³-hybridized carbons (Fsp3) is 0.545. The first kappa shape index (κ1) is 24.8. The molecule has 1 fully saturated rings. The molecule has 10 nitrogen and oxygen atoms in total. The number of aromatic nitrogens is 2. The summed E-state index contributed by atoms with van der Waals surface area (Å²) in [7, 11) is 0. The maximum absolute atomic E-state index is 12.4. The first-order valence-electron chi connectivity index (χ1n) is 10.9. The highest BCUT2D eigenvalue weighted by Crippen LogP contribution is 2.40. The van der Waals surface area contributed by atoms with Gasteiger partial charge in [-0.05, 0) is 49.5 Å². The summed E-state index contributed by atoms with van der Waals surface area (Å²) < 4.78 is 7.05. The third-order valence-electron chi connectivity index (χ3n) is 5.19. The number of amides is 2. The highest BCUT2D eigenvalue weighted by atomic mass is 79.9. The molecule has 3 rings (SSSR count). The van der Waals surface area contributed by atoms with E-state index in [1.54, 1.807) is 20.0 Å². The van der Waals surface area contributed by atoms with Crippen molar-refractivity contribution in [2.45, 2.75) is 59.1 Å². The summed E-state index contributed by atoms with van der Waals surface area (Å²) in [4.78, 5) is 42.9. The summed E-state index contributed by atoms with van der Waals surface area (Å²) in [6, 6.07) is -0.154. The second-order valence-corrected chi connectivity index (χ2v) is 10.3. The van der Waals surface area contributed by atoms with Gasteiger partial charge in [0.15, 0.2) is 5.65 Å². The minimum atomic E-state index is -1.20. The number of halogens is 1. The topological polar surface area (TPSA) is 126 Å². The van der Waals surface area contributed by atoms with Crippen molar-refractivity contribution in [3.05, 3.63) is 16.9 Å². The van der Waals surface area contributed by atoms with Gasteiger partial charge < -0.3 is 25.4 Å². The number of ether oxygens (including phenoxy) is 1. The van der Waals surface area contributed by atoms with E-state index < -0.39 is 17.8 Å². The van der Waals surface area contributed by atoms with E-state index in [2.05, 4.69) is 36.4 Å². The molecule has 0 aromatic carbocycles. The zero-order valence-electron chi connectivity index (χ0n) is 19.4. The molecule has 0 bridgehead atoms. The summed E-state index contributed by atoms with van der Waals surface area (Å²) in [6.07, 6.45) is 2.84. The lowest BCUT2D eigenvalue weighted by molar-refractivity contribution is -0.118. The smallest absolute Gasteiger partial charge is 0.417 e. The van der Waals surface area contributed by atoms with E-state index in [1.165, 1.54) is 6.20 Å². The van der Waals surface area contributed by atoms with E-state index in [4.69, 9.17) is 4.74 Å². The highest BCUT2D eigenvalue weighted by molar-refractivity contribution is 9.10. The van der Waals surface area contributed by atoms with Gasteiger partial charge >= 0.3 is 12.2 Å². The maximum atomic E-state index is 12.4. The molecule has 0 radical (unpaired) electrons. The van der Waals surface area contributed by atoms with Crippen LogP contribution in [0.1, 0.15) is 47.5 Å². The van der Waals surface area contributed by atoms with Crippen LogP contribution in [-0.4, -0.2) is 57.5 Å². The van der Waals surface area contributed by atoms with Crippen LogP contribution in [-0.2, 0) is 9.53 Å². The van der Waals surface area contributed by atoms with Crippen LogP contribution in [0.2, 0.25) is 0 Å². The zero-order valence-corrected chi connectivity index (χ0v) is 21.0. The fourth-order valence-corrected chi connectivity index (χ4v) is 4.30. The van der Waals surface area contributed by atoms with E-state index in [1.807, 2.05) is 20.8 Å². The van der Waals surface area contributed by atoms with E-state index in [9.17, 15) is 19.5 Å². The zero-order chi connectivity index (χ0) is 24.5. The Balaban J connectivity index is 1.99. The molecule has 33 heavy (non-hydrogen) atoms. The van der Waals surface area contributed by atoms with Crippen LogP contribution in [0.15, 0.2) is 16.9 Å². The fourth-order valence-electron chi connectivity index (χ4n) is 3.75. The molecule has 3 heterocycles. The van der Waals surface area contributed by atoms with Crippen molar-refractivity contribution >= 4 is 56.4 Å². The molecular formula is C22H30BrN5O5. The number of fused-ring (bicyclic) bond motifs is 1. The van der Waals surface area contributed by atoms with Crippen LogP contribution in [0.3, 0.4) is 0 Å². The average Bonchev–Trinajstić information content (AvgIpc) is 3.05. The third-order valence-corrected chi connectivity index (χ3v) is 5.77. The second-order valence-electron chi connectivity index (χ2n) is 9.42. The van der Waals surface area contributed by atoms with Crippen LogP contribution in [0.25, 0.3) is 11.0 Å². The van der Waals surface area contributed by atoms with Crippen LogP contribution in [0.4, 0.5) is 21.0 Å². The van der Waals surface area contributed by atoms with Gasteiger partial charge in [-0.1, -0.05) is 13.8 Å². The van der Waals surface area contributed by atoms with Gasteiger partial charge in [0, 0.05) is 37.4 Å². The summed E-state index contributed by atoms with van der Waals surface area (Å²) in [5.41, 5.74) is 0.719. The van der Waals surface area contributed by atoms with Crippen LogP contribution >= 0.6 is 15.9 Å². The van der Waals surface area contributed by atoms with Gasteiger partial charge in [0.25, 0.3) is 0 Å². The lowest BCUT2D eigenvalue weighted by Gasteiger charge is -2.36. The van der Waals surface area contributed by atoms with Crippen molar-refractivity contribution in [3.8, 4) is 0 Å². The largest absolute Gasteiger partial charge is 0.464 e. The minimum Gasteiger partial charge on any atom is -0.464 e. The predicted molar refractivity (Wildman–Crippen MR) is 129 cm³/mol. The SMILES string of the molecule is CC(C)C(=O)Nc1cn(C(=O)O)c2ncc(Br)c(N3CCCC(NC(=O)OC(C)(C)C)C3)c12. The molecule has 180 valence electrons. The maximum Gasteiger partial charge on any atom is 0.417 e. The molecule has 0 spiro atoms. The van der Waals surface area contributed by atoms with Crippen LogP contribution in [0, 0.1) is 5.92 Å². The van der Waals surface area contributed by atoms with Gasteiger partial charge in [-0.3, -0.25) is 4.79 Å². The average molecular weight is 524 g/mol. The van der Waals surface area contributed by atoms with Crippen molar-refractivity contribution in [2.75, 3.05) is 23.3 Å². The monoisotopic (exact) mass is 523 g/mol. The Morgan fingerprint density at radius 3 is 2.61 bits per heavy atom. The summed E-state index contributed by atoms with van der Waals surface area (Å²) >= 11 is 3.55. The highest BCUT2D eigenvalue weighted by Gasteiger charge is 2.29. The van der Waals surface area contributed by atoms with Crippen molar-refractivity contribution in [1.82, 2.24) is 14.9 Å². The number of rotatable bonds is 4. The summed E-state index contributed by atoms with van der Waals surface area (Å²) in [5, 5.41) is 16.0. The number of alkyl carbamates (subject to hydrolysis) is 1. The Morgan fingerprint density at radius 2 is 2.00 bits per heavy atom. The molecule has 1 atom stereocenters. The molecule has 1 unspecified atom stereocenters. The van der Waals surface area contributed by atoms with Gasteiger partial charge in [-0.2, -0.15) is 0 Å². The van der Waals surface area contributed by atoms with Gasteiger partial charge in [-0.15, -0.1) is 0 Å². The van der Waals surface area contributed by atoms with Crippen molar-refractivity contribution in [2.24, 2.45) is 5.92 Å². The number of hydrogen-bond acceptors (Lipinski definition) is 6. The molecule has 1 aliphatic rings. The van der Waals surface area contributed by atoms with Crippen LogP contribution < -0.4 is 15.5 Å². The predicted octanol–water partition coefficient (Wildman–Crippen LogP) is 4.41. The number of carbonyl (C=O) groups is 3. The lowest BCUT2D eigenvalue weighted by Crippen LogP contribution is -2.49. The number of hydrogen-bond donors (Lipinski definition) is 3. The minimum absolute atomic E-state index is 0.154.